The van der Waals surface area contributed by atoms with E-state index in [0.29, 0.717) is 22.6 Å². The molecule has 0 aliphatic carbocycles. The van der Waals surface area contributed by atoms with E-state index in [-0.39, 0.29) is 17.2 Å². The van der Waals surface area contributed by atoms with E-state index in [1.165, 1.54) is 11.8 Å². The summed E-state index contributed by atoms with van der Waals surface area (Å²) in [6.07, 6.45) is 3.18. The molecule has 8 nitrogen and oxygen atoms in total. The van der Waals surface area contributed by atoms with Crippen LogP contribution in [-0.2, 0) is 14.4 Å². The Balaban J connectivity index is 1.71. The molecule has 1 aliphatic heterocycles. The number of carbonyl (C=O) groups is 3. The summed E-state index contributed by atoms with van der Waals surface area (Å²) in [5.74, 6) is -2.16. The van der Waals surface area contributed by atoms with Gasteiger partial charge in [-0.25, -0.2) is 0 Å². The van der Waals surface area contributed by atoms with Crippen molar-refractivity contribution in [3.05, 3.63) is 96.0 Å². The minimum Gasteiger partial charge on any atom is -0.507 e. The highest BCUT2D eigenvalue weighted by Crippen LogP contribution is 2.42. The number of nitrogens with one attached hydrogen (secondary N) is 2. The summed E-state index contributed by atoms with van der Waals surface area (Å²) in [6, 6.07) is 18.2. The van der Waals surface area contributed by atoms with Crippen LogP contribution in [0.3, 0.4) is 0 Å². The maximum atomic E-state index is 13.3. The number of fused-ring (bicyclic) bond motifs is 1. The van der Waals surface area contributed by atoms with Crippen LogP contribution < -0.4 is 10.2 Å². The van der Waals surface area contributed by atoms with Crippen LogP contribution in [0.2, 0.25) is 0 Å². The van der Waals surface area contributed by atoms with Crippen LogP contribution in [0.4, 0.5) is 11.4 Å². The Morgan fingerprint density at radius 1 is 1.06 bits per heavy atom. The largest absolute Gasteiger partial charge is 0.507 e. The fourth-order valence-electron chi connectivity index (χ4n) is 4.27. The second kappa shape index (κ2) is 8.32. The second-order valence-electron chi connectivity index (χ2n) is 7.90. The molecule has 1 fully saturated rings. The number of aromatic nitrogens is 2. The number of aliphatic hydroxyl groups excluding tert-OH is 1. The van der Waals surface area contributed by atoms with Crippen LogP contribution in [-0.4, -0.2) is 32.7 Å². The van der Waals surface area contributed by atoms with Crippen LogP contribution in [0, 0.1) is 0 Å². The summed E-state index contributed by atoms with van der Waals surface area (Å²) in [6.45, 7) is 1.38. The van der Waals surface area contributed by atoms with E-state index in [1.54, 1.807) is 54.9 Å². The molecule has 0 radical (unpaired) electrons. The minimum atomic E-state index is -0.956. The van der Waals surface area contributed by atoms with Gasteiger partial charge in [0.2, 0.25) is 5.91 Å². The van der Waals surface area contributed by atoms with Gasteiger partial charge < -0.3 is 15.4 Å². The molecule has 5 rings (SSSR count). The lowest BCUT2D eigenvalue weighted by Gasteiger charge is -2.25. The molecule has 1 atom stereocenters. The molecule has 34 heavy (non-hydrogen) atoms. The number of H-pyrrole nitrogens is 1. The molecule has 0 spiro atoms. The van der Waals surface area contributed by atoms with E-state index in [1.807, 2.05) is 24.3 Å². The van der Waals surface area contributed by atoms with Crippen LogP contribution >= 0.6 is 0 Å². The zero-order chi connectivity index (χ0) is 23.8. The molecule has 168 valence electrons. The molecular formula is C26H20N4O4. The molecule has 0 saturated carbocycles. The molecule has 1 aliphatic rings. The number of pyridine rings is 1. The first-order valence-corrected chi connectivity index (χ1v) is 10.6. The number of hydrogen-bond donors (Lipinski definition) is 3. The first kappa shape index (κ1) is 21.1. The highest BCUT2D eigenvalue weighted by atomic mass is 16.3. The molecule has 1 unspecified atom stereocenters. The number of carbonyl (C=O) groups excluding carboxylic acids is 3. The monoisotopic (exact) mass is 452 g/mol. The summed E-state index contributed by atoms with van der Waals surface area (Å²) < 4.78 is 0. The lowest BCUT2D eigenvalue weighted by atomic mass is 9.98. The number of anilines is 2. The maximum Gasteiger partial charge on any atom is 0.300 e. The third-order valence-corrected chi connectivity index (χ3v) is 5.70. The molecule has 2 aromatic heterocycles. The van der Waals surface area contributed by atoms with Crippen molar-refractivity contribution < 1.29 is 19.5 Å². The Hall–Kier alpha value is -4.72. The maximum absolute atomic E-state index is 13.3. The van der Waals surface area contributed by atoms with Gasteiger partial charge in [0.05, 0.1) is 11.3 Å². The van der Waals surface area contributed by atoms with Crippen molar-refractivity contribution in [1.29, 1.82) is 0 Å². The van der Waals surface area contributed by atoms with Gasteiger partial charge in [-0.1, -0.05) is 30.3 Å². The van der Waals surface area contributed by atoms with E-state index in [2.05, 4.69) is 15.3 Å². The molecule has 1 saturated heterocycles. The number of rotatable bonds is 4. The predicted molar refractivity (Wildman–Crippen MR) is 128 cm³/mol. The summed E-state index contributed by atoms with van der Waals surface area (Å²) in [5.41, 5.74) is 2.44. The summed E-state index contributed by atoms with van der Waals surface area (Å²) in [7, 11) is 0. The van der Waals surface area contributed by atoms with E-state index in [0.717, 1.165) is 10.9 Å². The van der Waals surface area contributed by atoms with Crippen molar-refractivity contribution in [2.24, 2.45) is 0 Å². The summed E-state index contributed by atoms with van der Waals surface area (Å²) in [4.78, 5) is 46.9. The van der Waals surface area contributed by atoms with Gasteiger partial charge in [-0.2, -0.15) is 0 Å². The number of ketones is 1. The van der Waals surface area contributed by atoms with Crippen molar-refractivity contribution >= 4 is 45.6 Å². The number of amides is 2. The number of nitrogens with zero attached hydrogens (tertiary/aromatic N) is 2. The number of Topliss-reactive ketones (excluding diaryl/α,β-unsaturated/α-hetero) is 1. The van der Waals surface area contributed by atoms with Gasteiger partial charge >= 0.3 is 0 Å². The van der Waals surface area contributed by atoms with Crippen molar-refractivity contribution in [2.45, 2.75) is 13.0 Å². The highest BCUT2D eigenvalue weighted by molar-refractivity contribution is 6.51. The predicted octanol–water partition coefficient (Wildman–Crippen LogP) is 4.15. The lowest BCUT2D eigenvalue weighted by Crippen LogP contribution is -2.30. The molecule has 8 heteroatoms. The first-order chi connectivity index (χ1) is 16.5. The number of aromatic amines is 1. The van der Waals surface area contributed by atoms with Crippen LogP contribution in [0.15, 0.2) is 84.7 Å². The van der Waals surface area contributed by atoms with Gasteiger partial charge in [-0.3, -0.25) is 24.3 Å². The zero-order valence-corrected chi connectivity index (χ0v) is 18.1. The fourth-order valence-corrected chi connectivity index (χ4v) is 4.27. The quantitative estimate of drug-likeness (QED) is 0.244. The number of para-hydroxylation sites is 1. The Kier molecular flexibility index (Phi) is 5.18. The van der Waals surface area contributed by atoms with Gasteiger partial charge in [-0.15, -0.1) is 0 Å². The van der Waals surface area contributed by atoms with E-state index < -0.39 is 17.7 Å². The van der Waals surface area contributed by atoms with Crippen LogP contribution in [0.1, 0.15) is 24.2 Å². The van der Waals surface area contributed by atoms with Gasteiger partial charge in [0.1, 0.15) is 11.8 Å². The third kappa shape index (κ3) is 3.51. The topological polar surface area (TPSA) is 115 Å². The fraction of sp³-hybridized carbons (Fsp3) is 0.0769. The standard InChI is InChI=1S/C26H20N4O4/c1-15(31)29-16-7-6-8-17(13-16)30-23(21-11-4-5-12-27-21)22(25(33)26(30)34)24(32)19-14-28-20-10-3-2-9-18(19)20/h2-14,23,28,32H,1H3,(H,29,31)/b24-22-. The Morgan fingerprint density at radius 2 is 1.85 bits per heavy atom. The average Bonchev–Trinajstić information content (AvgIpc) is 3.38. The normalized spacial score (nSPS) is 17.3. The highest BCUT2D eigenvalue weighted by Gasteiger charge is 2.47. The van der Waals surface area contributed by atoms with E-state index >= 15 is 0 Å². The zero-order valence-electron chi connectivity index (χ0n) is 18.1. The third-order valence-electron chi connectivity index (χ3n) is 5.70. The Bertz CT molecular complexity index is 1470. The number of aliphatic hydroxyl groups is 1. The van der Waals surface area contributed by atoms with E-state index in [9.17, 15) is 19.5 Å². The van der Waals surface area contributed by atoms with Gasteiger partial charge in [-0.05, 0) is 36.4 Å². The molecule has 2 amide bonds. The van der Waals surface area contributed by atoms with Crippen LogP contribution in [0.5, 0.6) is 0 Å². The van der Waals surface area contributed by atoms with Crippen molar-refractivity contribution in [3.8, 4) is 0 Å². The van der Waals surface area contributed by atoms with Crippen molar-refractivity contribution in [1.82, 2.24) is 9.97 Å². The molecule has 0 bridgehead atoms. The average molecular weight is 452 g/mol. The Labute approximate surface area is 194 Å². The number of hydrogen-bond acceptors (Lipinski definition) is 5. The van der Waals surface area contributed by atoms with E-state index in [4.69, 9.17) is 0 Å². The molecule has 4 aromatic rings. The SMILES string of the molecule is CC(=O)Nc1cccc(N2C(=O)C(=O)/C(=C(\O)c3c[nH]c4ccccc34)C2c2ccccn2)c1. The number of benzene rings is 2. The first-order valence-electron chi connectivity index (χ1n) is 10.6. The lowest BCUT2D eigenvalue weighted by molar-refractivity contribution is -0.132. The van der Waals surface area contributed by atoms with Crippen LogP contribution in [0.25, 0.3) is 16.7 Å². The molecule has 2 aromatic carbocycles. The molecule has 3 N–H and O–H groups in total. The van der Waals surface area contributed by atoms with Crippen molar-refractivity contribution in [3.63, 3.8) is 0 Å². The summed E-state index contributed by atoms with van der Waals surface area (Å²) in [5, 5.41) is 14.7. The van der Waals surface area contributed by atoms with Gasteiger partial charge in [0.15, 0.2) is 0 Å². The second-order valence-corrected chi connectivity index (χ2v) is 7.90. The molecule has 3 heterocycles. The Morgan fingerprint density at radius 3 is 2.62 bits per heavy atom. The minimum absolute atomic E-state index is 0.0571. The summed E-state index contributed by atoms with van der Waals surface area (Å²) >= 11 is 0. The smallest absolute Gasteiger partial charge is 0.300 e. The van der Waals surface area contributed by atoms with Crippen molar-refractivity contribution in [2.75, 3.05) is 10.2 Å². The van der Waals surface area contributed by atoms with Gasteiger partial charge in [0, 0.05) is 47.2 Å². The molecular weight excluding hydrogens is 432 g/mol. The van der Waals surface area contributed by atoms with Gasteiger partial charge in [0.25, 0.3) is 11.7 Å².